The Bertz CT molecular complexity index is 3840. The van der Waals surface area contributed by atoms with E-state index in [0.717, 1.165) is 81.8 Å². The van der Waals surface area contributed by atoms with Gasteiger partial charge in [0.05, 0.1) is 43.4 Å². The fraction of sp³-hybridized carbons (Fsp3) is 0.438. The molecule has 0 heterocycles. The molecule has 0 spiro atoms. The van der Waals surface area contributed by atoms with Crippen molar-refractivity contribution in [3.8, 4) is 34.8 Å². The largest absolute Gasteiger partial charge is 0.457 e. The van der Waals surface area contributed by atoms with E-state index in [1.807, 2.05) is 0 Å². The Balaban J connectivity index is 0.778. The second-order valence-electron chi connectivity index (χ2n) is 34.2. The Hall–Kier alpha value is -7.39. The summed E-state index contributed by atoms with van der Waals surface area (Å²) in [6, 6.07) is 64.7. The first-order valence-corrected chi connectivity index (χ1v) is 48.8. The van der Waals surface area contributed by atoms with Crippen LogP contribution in [-0.2, 0) is 48.9 Å². The molecule has 0 unspecified atom stereocenters. The highest BCUT2D eigenvalue weighted by Crippen LogP contribution is 2.46. The van der Waals surface area contributed by atoms with Gasteiger partial charge in [0.25, 0.3) is 0 Å². The maximum absolute atomic E-state index is 14.3. The van der Waals surface area contributed by atoms with Gasteiger partial charge in [0.1, 0.15) is 13.2 Å². The number of hydrogen-bond donors (Lipinski definition) is 2. The zero-order valence-corrected chi connectivity index (χ0v) is 73.1. The van der Waals surface area contributed by atoms with Crippen molar-refractivity contribution >= 4 is 65.0 Å². The van der Waals surface area contributed by atoms with Crippen molar-refractivity contribution in [1.82, 2.24) is 10.6 Å². The quantitative estimate of drug-likeness (QED) is 0.0256. The predicted octanol–water partition coefficient (Wildman–Crippen LogP) is 23.0. The van der Waals surface area contributed by atoms with Crippen LogP contribution in [-0.4, -0.2) is 44.2 Å². The number of rotatable bonds is 31. The average molecular weight is 1490 g/mol. The standard InChI is InChI=1S/C96H128N2O4Si4/c1-65(2)103(66(3)4,67(5)6)91-53-89(54-92(57-91)104(68(7)8,69(9)10)70(11)12)95(99)101-63-85-41-37-83(38-42-85)61-97-59-81-33-29-77(30-34-81)25-27-79-45-49-87(50-46-79)88-51-47-80(48-52-88)28-26-78-31-35-82(36-32-78)60-98-62-84-39-43-86(44-40-84)64-102-96(100)90-55-93(105(71(13)14,72(15)16)73(17)18)58-94(56-90)106(74(19)20,75(21)22)76(23)24/h29-58,65-76,97-98H,59-64H2,1-24H3. The Labute approximate surface area is 646 Å². The van der Waals surface area contributed by atoms with Crippen LogP contribution >= 0.6 is 0 Å². The topological polar surface area (TPSA) is 76.7 Å². The van der Waals surface area contributed by atoms with Gasteiger partial charge in [0, 0.05) is 48.4 Å². The zero-order valence-electron chi connectivity index (χ0n) is 69.1. The highest BCUT2D eigenvalue weighted by molar-refractivity contribution is 6.99. The van der Waals surface area contributed by atoms with Crippen LogP contribution in [0, 0.1) is 23.7 Å². The molecule has 0 saturated carbocycles. The highest BCUT2D eigenvalue weighted by Gasteiger charge is 2.51. The fourth-order valence-corrected chi connectivity index (χ4v) is 47.9. The maximum Gasteiger partial charge on any atom is 0.338 e. The van der Waals surface area contributed by atoms with Crippen LogP contribution in [0.4, 0.5) is 0 Å². The van der Waals surface area contributed by atoms with Crippen molar-refractivity contribution in [2.75, 3.05) is 0 Å². The summed E-state index contributed by atoms with van der Waals surface area (Å²) in [6.07, 6.45) is 0. The van der Waals surface area contributed by atoms with Crippen LogP contribution in [0.5, 0.6) is 0 Å². The third kappa shape index (κ3) is 18.8. The van der Waals surface area contributed by atoms with E-state index < -0.39 is 32.3 Å². The van der Waals surface area contributed by atoms with Gasteiger partial charge in [-0.05, 0) is 184 Å². The monoisotopic (exact) mass is 1480 g/mol. The molecule has 0 amide bonds. The van der Waals surface area contributed by atoms with E-state index in [-0.39, 0.29) is 25.2 Å². The number of carbonyl (C=O) groups is 2. The molecule has 0 aliphatic carbocycles. The van der Waals surface area contributed by atoms with Gasteiger partial charge in [0.2, 0.25) is 0 Å². The van der Waals surface area contributed by atoms with Crippen LogP contribution in [0.25, 0.3) is 11.1 Å². The first-order chi connectivity index (χ1) is 50.2. The second-order valence-corrected chi connectivity index (χ2v) is 57.9. The molecule has 2 N–H and O–H groups in total. The summed E-state index contributed by atoms with van der Waals surface area (Å²) in [6.45, 7) is 61.3. The summed E-state index contributed by atoms with van der Waals surface area (Å²) in [7, 11) is -8.32. The summed E-state index contributed by atoms with van der Waals surface area (Å²) >= 11 is 0. The molecule has 0 saturated heterocycles. The number of ether oxygens (including phenoxy) is 2. The molecular formula is C96H128N2O4Si4. The van der Waals surface area contributed by atoms with Crippen LogP contribution in [0.15, 0.2) is 182 Å². The number of nitrogens with one attached hydrogen (secondary N) is 2. The SMILES string of the molecule is CC(C)[Si](c1cc(C(=O)OCc2ccc(CNCc3ccc(C#Cc4ccc(-c5ccc(C#Cc6ccc(CNCc7ccc(COC(=O)c8cc([Si](C(C)C)(C(C)C)C(C)C)cc([Si](C(C)C)(C(C)C)C(C)C)c8)cc7)cc6)cc5)cc4)cc3)cc2)cc([Si](C(C)C)(C(C)C)C(C)C)c1)(C(C)C)C(C)C. The van der Waals surface area contributed by atoms with Gasteiger partial charge in [-0.1, -0.05) is 320 Å². The summed E-state index contributed by atoms with van der Waals surface area (Å²) < 4.78 is 12.4. The summed E-state index contributed by atoms with van der Waals surface area (Å²) in [5.41, 5.74) is 20.6. The first kappa shape index (κ1) is 84.2. The molecule has 0 aliphatic rings. The van der Waals surface area contributed by atoms with Gasteiger partial charge in [-0.2, -0.15) is 0 Å². The molecule has 0 fully saturated rings. The Morgan fingerprint density at radius 3 is 0.642 bits per heavy atom. The minimum absolute atomic E-state index is 0.226. The molecule has 562 valence electrons. The zero-order chi connectivity index (χ0) is 77.6. The van der Waals surface area contributed by atoms with Gasteiger partial charge in [-0.3, -0.25) is 0 Å². The molecule has 0 aliphatic heterocycles. The lowest BCUT2D eigenvalue weighted by atomic mass is 10.0. The Morgan fingerprint density at radius 1 is 0.264 bits per heavy atom. The van der Waals surface area contributed by atoms with Crippen molar-refractivity contribution < 1.29 is 19.1 Å². The summed E-state index contributed by atoms with van der Waals surface area (Å²) in [5.74, 6) is 13.0. The third-order valence-corrected chi connectivity index (χ3v) is 52.7. The molecule has 6 nitrogen and oxygen atoms in total. The first-order valence-electron chi connectivity index (χ1n) is 39.9. The Kier molecular flexibility index (Phi) is 29.5. The van der Waals surface area contributed by atoms with Crippen molar-refractivity contribution in [1.29, 1.82) is 0 Å². The van der Waals surface area contributed by atoms with Crippen molar-refractivity contribution in [3.63, 3.8) is 0 Å². The van der Waals surface area contributed by atoms with Crippen LogP contribution in [0.3, 0.4) is 0 Å². The van der Waals surface area contributed by atoms with Crippen molar-refractivity contribution in [2.24, 2.45) is 0 Å². The maximum atomic E-state index is 14.3. The van der Waals surface area contributed by atoms with E-state index in [1.54, 1.807) is 0 Å². The fourth-order valence-electron chi connectivity index (χ4n) is 20.4. The van der Waals surface area contributed by atoms with Gasteiger partial charge in [0.15, 0.2) is 0 Å². The number of benzene rings is 8. The third-order valence-electron chi connectivity index (χ3n) is 24.6. The van der Waals surface area contributed by atoms with E-state index in [2.05, 4.69) is 382 Å². The molecule has 8 aromatic rings. The summed E-state index contributed by atoms with van der Waals surface area (Å²) in [4.78, 5) is 28.5. The number of hydrogen-bond acceptors (Lipinski definition) is 6. The molecule has 0 radical (unpaired) electrons. The number of carbonyl (C=O) groups excluding carboxylic acids is 2. The van der Waals surface area contributed by atoms with Crippen LogP contribution < -0.4 is 31.4 Å². The van der Waals surface area contributed by atoms with E-state index in [9.17, 15) is 9.59 Å². The highest BCUT2D eigenvalue weighted by atomic mass is 28.3. The molecule has 0 bridgehead atoms. The minimum Gasteiger partial charge on any atom is -0.457 e. The van der Waals surface area contributed by atoms with Gasteiger partial charge in [-0.25, -0.2) is 9.59 Å². The van der Waals surface area contributed by atoms with Crippen molar-refractivity contribution in [2.45, 2.75) is 272 Å². The lowest BCUT2D eigenvalue weighted by Crippen LogP contribution is -2.60. The normalized spacial score (nSPS) is 12.5. The molecule has 0 atom stereocenters. The van der Waals surface area contributed by atoms with E-state index in [0.29, 0.717) is 66.5 Å². The minimum atomic E-state index is -2.08. The van der Waals surface area contributed by atoms with E-state index in [1.165, 1.54) is 43.0 Å². The molecule has 10 heteroatoms. The van der Waals surface area contributed by atoms with Crippen LogP contribution in [0.2, 0.25) is 66.5 Å². The predicted molar refractivity (Wildman–Crippen MR) is 465 cm³/mol. The smallest absolute Gasteiger partial charge is 0.338 e. The lowest BCUT2D eigenvalue weighted by molar-refractivity contribution is 0.0464. The molecule has 0 aromatic heterocycles. The van der Waals surface area contributed by atoms with Gasteiger partial charge in [-0.15, -0.1) is 0 Å². The van der Waals surface area contributed by atoms with E-state index in [4.69, 9.17) is 9.47 Å². The lowest BCUT2D eigenvalue weighted by Gasteiger charge is -2.47. The average Bonchev–Trinajstić information content (AvgIpc) is 0.742. The van der Waals surface area contributed by atoms with E-state index >= 15 is 0 Å². The van der Waals surface area contributed by atoms with Crippen molar-refractivity contribution in [3.05, 3.63) is 249 Å². The van der Waals surface area contributed by atoms with Crippen LogP contribution in [0.1, 0.15) is 243 Å². The Morgan fingerprint density at radius 2 is 0.443 bits per heavy atom. The molecule has 8 aromatic carbocycles. The summed E-state index contributed by atoms with van der Waals surface area (Å²) in [5, 5.41) is 12.9. The second kappa shape index (κ2) is 37.1. The molecule has 106 heavy (non-hydrogen) atoms. The number of esters is 2. The molecule has 8 rings (SSSR count). The van der Waals surface area contributed by atoms with Gasteiger partial charge < -0.3 is 20.1 Å². The molecular weight excluding hydrogens is 1360 g/mol. The van der Waals surface area contributed by atoms with Gasteiger partial charge >= 0.3 is 11.9 Å².